The molecule has 1 saturated heterocycles. The molecule has 0 saturated carbocycles. The van der Waals surface area contributed by atoms with Crippen LogP contribution >= 0.6 is 23.2 Å². The molecular formula is C31H43Cl2N3O7S. The maximum absolute atomic E-state index is 13.5. The van der Waals surface area contributed by atoms with Gasteiger partial charge in [-0.15, -0.1) is 0 Å². The third-order valence-electron chi connectivity index (χ3n) is 6.66. The van der Waals surface area contributed by atoms with E-state index in [1.165, 1.54) is 0 Å². The van der Waals surface area contributed by atoms with Gasteiger partial charge in [0.05, 0.1) is 12.7 Å². The van der Waals surface area contributed by atoms with Crippen molar-refractivity contribution >= 4 is 45.5 Å². The highest BCUT2D eigenvalue weighted by Crippen LogP contribution is 2.31. The summed E-state index contributed by atoms with van der Waals surface area (Å²) in [4.78, 5) is 26.6. The molecule has 0 radical (unpaired) electrons. The number of nitrogens with one attached hydrogen (secondary N) is 2. The van der Waals surface area contributed by atoms with Crippen molar-refractivity contribution in [1.29, 1.82) is 0 Å². The number of amides is 1. The Morgan fingerprint density at radius 2 is 1.48 bits per heavy atom. The molecule has 2 N–H and O–H groups in total. The van der Waals surface area contributed by atoms with Crippen LogP contribution in [-0.4, -0.2) is 60.7 Å². The largest absolute Gasteiger partial charge is 0.459 e. The number of carbonyl (C=O) groups excluding carboxylic acids is 2. The molecule has 2 aromatic carbocycles. The fourth-order valence-corrected chi connectivity index (χ4v) is 5.94. The lowest BCUT2D eigenvalue weighted by atomic mass is 9.90. The van der Waals surface area contributed by atoms with Crippen molar-refractivity contribution in [2.75, 3.05) is 13.1 Å². The predicted molar refractivity (Wildman–Crippen MR) is 171 cm³/mol. The summed E-state index contributed by atoms with van der Waals surface area (Å²) in [7, 11) is -4.31. The average molecular weight is 673 g/mol. The van der Waals surface area contributed by atoms with Crippen LogP contribution in [0.25, 0.3) is 0 Å². The van der Waals surface area contributed by atoms with Gasteiger partial charge in [0.1, 0.15) is 16.7 Å². The topological polar surface area (TPSA) is 123 Å². The smallest absolute Gasteiger partial charge is 0.425 e. The Morgan fingerprint density at radius 1 is 0.932 bits per heavy atom. The van der Waals surface area contributed by atoms with Crippen LogP contribution in [0.1, 0.15) is 71.9 Å². The Kier molecular flexibility index (Phi) is 12.1. The SMILES string of the molecule is CC(C)(C)OC(=O)N(CCC[C@@]1(C(=O)OC(C)(C)C)C[C@@H](OCc2ccc(Cl)cc2)CN1)S(=O)(=O)NCc1ccc(Cl)cc1. The Morgan fingerprint density at radius 3 is 2.02 bits per heavy atom. The lowest BCUT2D eigenvalue weighted by Gasteiger charge is -2.32. The molecule has 244 valence electrons. The van der Waals surface area contributed by atoms with Gasteiger partial charge in [-0.3, -0.25) is 10.1 Å². The number of carbonyl (C=O) groups is 2. The maximum Gasteiger partial charge on any atom is 0.425 e. The van der Waals surface area contributed by atoms with E-state index in [9.17, 15) is 18.0 Å². The summed E-state index contributed by atoms with van der Waals surface area (Å²) in [5.74, 6) is -0.463. The van der Waals surface area contributed by atoms with Gasteiger partial charge in [-0.25, -0.2) is 4.79 Å². The van der Waals surface area contributed by atoms with E-state index in [2.05, 4.69) is 10.0 Å². The van der Waals surface area contributed by atoms with Gasteiger partial charge in [-0.05, 0) is 89.8 Å². The quantitative estimate of drug-likeness (QED) is 0.263. The molecule has 0 aliphatic carbocycles. The number of nitrogens with zero attached hydrogens (tertiary/aromatic N) is 1. The minimum Gasteiger partial charge on any atom is -0.459 e. The van der Waals surface area contributed by atoms with Gasteiger partial charge < -0.3 is 14.2 Å². The Hall–Kier alpha value is -2.41. The second kappa shape index (κ2) is 14.8. The molecular weight excluding hydrogens is 629 g/mol. The number of benzene rings is 2. The molecule has 3 rings (SSSR count). The van der Waals surface area contributed by atoms with Crippen LogP contribution < -0.4 is 10.0 Å². The van der Waals surface area contributed by atoms with E-state index in [1.807, 2.05) is 12.1 Å². The molecule has 1 aliphatic rings. The number of hydrogen-bond acceptors (Lipinski definition) is 8. The first-order valence-electron chi connectivity index (χ1n) is 14.5. The van der Waals surface area contributed by atoms with E-state index >= 15 is 0 Å². The van der Waals surface area contributed by atoms with Gasteiger partial charge in [0.25, 0.3) is 0 Å². The number of ether oxygens (including phenoxy) is 3. The molecule has 2 aromatic rings. The van der Waals surface area contributed by atoms with Crippen LogP contribution in [0.15, 0.2) is 48.5 Å². The van der Waals surface area contributed by atoms with Crippen molar-refractivity contribution in [3.63, 3.8) is 0 Å². The number of halogens is 2. The molecule has 13 heteroatoms. The lowest BCUT2D eigenvalue weighted by molar-refractivity contribution is -0.163. The number of rotatable bonds is 12. The highest BCUT2D eigenvalue weighted by Gasteiger charge is 2.48. The van der Waals surface area contributed by atoms with Crippen molar-refractivity contribution in [2.24, 2.45) is 0 Å². The molecule has 1 fully saturated rings. The molecule has 0 unspecified atom stereocenters. The maximum atomic E-state index is 13.5. The van der Waals surface area contributed by atoms with Crippen LogP contribution in [0.2, 0.25) is 10.0 Å². The van der Waals surface area contributed by atoms with Gasteiger partial charge in [0.2, 0.25) is 0 Å². The lowest BCUT2D eigenvalue weighted by Crippen LogP contribution is -2.52. The van der Waals surface area contributed by atoms with Crippen molar-refractivity contribution in [2.45, 2.75) is 96.8 Å². The molecule has 0 spiro atoms. The molecule has 0 aromatic heterocycles. The van der Waals surface area contributed by atoms with Crippen LogP contribution in [0.5, 0.6) is 0 Å². The Balaban J connectivity index is 1.74. The van der Waals surface area contributed by atoms with E-state index in [4.69, 9.17) is 37.4 Å². The van der Waals surface area contributed by atoms with E-state index in [0.717, 1.165) is 5.56 Å². The molecule has 1 amide bonds. The predicted octanol–water partition coefficient (Wildman–Crippen LogP) is 6.00. The van der Waals surface area contributed by atoms with E-state index in [0.29, 0.717) is 39.5 Å². The fraction of sp³-hybridized carbons (Fsp3) is 0.548. The zero-order valence-corrected chi connectivity index (χ0v) is 28.4. The second-order valence-corrected chi connectivity index (χ2v) is 15.4. The van der Waals surface area contributed by atoms with Crippen molar-refractivity contribution in [1.82, 2.24) is 14.3 Å². The van der Waals surface area contributed by atoms with Gasteiger partial charge in [0.15, 0.2) is 0 Å². The average Bonchev–Trinajstić information content (AvgIpc) is 3.33. The van der Waals surface area contributed by atoms with Crippen LogP contribution in [-0.2, 0) is 42.4 Å². The summed E-state index contributed by atoms with van der Waals surface area (Å²) >= 11 is 11.9. The Labute approximate surface area is 270 Å². The van der Waals surface area contributed by atoms with Crippen LogP contribution in [0.3, 0.4) is 0 Å². The summed E-state index contributed by atoms with van der Waals surface area (Å²) < 4.78 is 47.2. The summed E-state index contributed by atoms with van der Waals surface area (Å²) in [6.45, 7) is 10.7. The third-order valence-corrected chi connectivity index (χ3v) is 8.58. The minimum absolute atomic E-state index is 0.0607. The zero-order chi connectivity index (χ0) is 32.8. The van der Waals surface area contributed by atoms with E-state index in [-0.39, 0.29) is 32.0 Å². The standard InChI is InChI=1S/C31H43Cl2N3O7S/c1-29(2,3)42-27(37)31(18-26(20-34-31)41-21-23-10-14-25(33)15-11-23)16-7-17-36(28(38)43-30(4,5)6)44(39,40)35-19-22-8-12-24(32)13-9-22/h8-15,26,34-35H,7,16-21H2,1-6H3/t26-,31+/m1/s1. The zero-order valence-electron chi connectivity index (χ0n) is 26.1. The Bertz CT molecular complexity index is 1370. The summed E-state index contributed by atoms with van der Waals surface area (Å²) in [6, 6.07) is 14.0. The second-order valence-electron chi connectivity index (χ2n) is 12.8. The van der Waals surface area contributed by atoms with Crippen molar-refractivity contribution < 1.29 is 32.2 Å². The third kappa shape index (κ3) is 11.2. The van der Waals surface area contributed by atoms with Gasteiger partial charge >= 0.3 is 22.3 Å². The first kappa shape index (κ1) is 36.1. The number of hydrogen-bond donors (Lipinski definition) is 2. The highest BCUT2D eigenvalue weighted by atomic mass is 35.5. The summed E-state index contributed by atoms with van der Waals surface area (Å²) in [5, 5.41) is 4.43. The van der Waals surface area contributed by atoms with Crippen molar-refractivity contribution in [3.05, 3.63) is 69.7 Å². The molecule has 1 heterocycles. The van der Waals surface area contributed by atoms with Crippen LogP contribution in [0.4, 0.5) is 4.79 Å². The molecule has 10 nitrogen and oxygen atoms in total. The van der Waals surface area contributed by atoms with E-state index < -0.39 is 39.0 Å². The van der Waals surface area contributed by atoms with Crippen molar-refractivity contribution in [3.8, 4) is 0 Å². The summed E-state index contributed by atoms with van der Waals surface area (Å²) in [6.07, 6.45) is -0.670. The fourth-order valence-electron chi connectivity index (χ4n) is 4.58. The molecule has 44 heavy (non-hydrogen) atoms. The number of esters is 1. The van der Waals surface area contributed by atoms with Gasteiger partial charge in [-0.2, -0.15) is 17.4 Å². The molecule has 2 atom stereocenters. The minimum atomic E-state index is -4.31. The van der Waals surface area contributed by atoms with Gasteiger partial charge in [0, 0.05) is 36.1 Å². The first-order chi connectivity index (χ1) is 20.4. The highest BCUT2D eigenvalue weighted by molar-refractivity contribution is 7.87. The normalized spacial score (nSPS) is 19.0. The molecule has 1 aliphatic heterocycles. The first-order valence-corrected chi connectivity index (χ1v) is 16.7. The van der Waals surface area contributed by atoms with Crippen LogP contribution in [0, 0.1) is 0 Å². The summed E-state index contributed by atoms with van der Waals surface area (Å²) in [5.41, 5.74) is -1.22. The molecule has 0 bridgehead atoms. The monoisotopic (exact) mass is 671 g/mol. The van der Waals surface area contributed by atoms with E-state index in [1.54, 1.807) is 77.9 Å². The van der Waals surface area contributed by atoms with Gasteiger partial charge in [-0.1, -0.05) is 47.5 Å².